The van der Waals surface area contributed by atoms with Gasteiger partial charge in [0.05, 0.1) is 5.69 Å². The van der Waals surface area contributed by atoms with Crippen molar-refractivity contribution >= 4 is 11.6 Å². The van der Waals surface area contributed by atoms with Gasteiger partial charge in [0.1, 0.15) is 5.75 Å². The quantitative estimate of drug-likeness (QED) is 0.890. The lowest BCUT2D eigenvalue weighted by Crippen LogP contribution is -2.20. The van der Waals surface area contributed by atoms with Gasteiger partial charge in [-0.15, -0.1) is 0 Å². The summed E-state index contributed by atoms with van der Waals surface area (Å²) in [6, 6.07) is 6.30. The maximum atomic E-state index is 12.3. The predicted molar refractivity (Wildman–Crippen MR) is 75.3 cm³/mol. The van der Waals surface area contributed by atoms with Crippen LogP contribution in [0.5, 0.6) is 5.75 Å². The van der Waals surface area contributed by atoms with Gasteiger partial charge in [-0.3, -0.25) is 4.79 Å². The molecule has 2 bridgehead atoms. The summed E-state index contributed by atoms with van der Waals surface area (Å²) in [5.41, 5.74) is 0.311. The lowest BCUT2D eigenvalue weighted by atomic mass is 9.86. The fraction of sp³-hybridized carbons (Fsp3) is 0.562. The minimum absolute atomic E-state index is 0.00814. The first-order valence-electron chi connectivity index (χ1n) is 7.45. The molecule has 0 saturated heterocycles. The van der Waals surface area contributed by atoms with Crippen molar-refractivity contribution in [3.63, 3.8) is 0 Å². The number of ether oxygens (including phenoxy) is 1. The highest BCUT2D eigenvalue weighted by atomic mass is 19.3. The van der Waals surface area contributed by atoms with E-state index in [2.05, 4.69) is 10.1 Å². The van der Waals surface area contributed by atoms with Crippen LogP contribution in [0.4, 0.5) is 14.5 Å². The minimum atomic E-state index is -2.89. The molecule has 2 saturated carbocycles. The Kier molecular flexibility index (Phi) is 4.08. The summed E-state index contributed by atoms with van der Waals surface area (Å²) in [4.78, 5) is 12.1. The number of rotatable bonds is 5. The molecule has 1 amide bonds. The Morgan fingerprint density at radius 1 is 1.29 bits per heavy atom. The first-order valence-corrected chi connectivity index (χ1v) is 7.45. The standard InChI is InChI=1S/C16H19F2NO2/c17-16(18)21-14-4-2-1-3-13(14)19-15(20)9-12-8-10-5-6-11(12)7-10/h1-4,10-12,16H,5-9H2,(H,19,20)/t10-,11+,12+/m0/s1. The Labute approximate surface area is 122 Å². The van der Waals surface area contributed by atoms with Crippen LogP contribution < -0.4 is 10.1 Å². The van der Waals surface area contributed by atoms with Crippen LogP contribution in [0.1, 0.15) is 32.1 Å². The molecular formula is C16H19F2NO2. The molecular weight excluding hydrogens is 276 g/mol. The first-order chi connectivity index (χ1) is 10.1. The molecule has 3 rings (SSSR count). The summed E-state index contributed by atoms with van der Waals surface area (Å²) in [7, 11) is 0. The van der Waals surface area contributed by atoms with Crippen LogP contribution in [0.3, 0.4) is 0 Å². The van der Waals surface area contributed by atoms with E-state index in [0.29, 0.717) is 23.9 Å². The van der Waals surface area contributed by atoms with E-state index in [-0.39, 0.29) is 11.7 Å². The number of amides is 1. The molecule has 3 nitrogen and oxygen atoms in total. The summed E-state index contributed by atoms with van der Waals surface area (Å²) in [6.07, 6.45) is 5.39. The fourth-order valence-electron chi connectivity index (χ4n) is 3.83. The number of nitrogens with one attached hydrogen (secondary N) is 1. The molecule has 3 atom stereocenters. The van der Waals surface area contributed by atoms with Gasteiger partial charge >= 0.3 is 6.61 Å². The molecule has 0 aliphatic heterocycles. The van der Waals surface area contributed by atoms with E-state index in [9.17, 15) is 13.6 Å². The monoisotopic (exact) mass is 295 g/mol. The average molecular weight is 295 g/mol. The highest BCUT2D eigenvalue weighted by Gasteiger charge is 2.40. The SMILES string of the molecule is O=C(C[C@H]1C[C@H]2CC[C@@H]1C2)Nc1ccccc1OC(F)F. The smallest absolute Gasteiger partial charge is 0.387 e. The normalized spacial score (nSPS) is 27.1. The van der Waals surface area contributed by atoms with Crippen molar-refractivity contribution in [2.75, 3.05) is 5.32 Å². The molecule has 1 aromatic rings. The lowest BCUT2D eigenvalue weighted by molar-refractivity contribution is -0.117. The molecule has 0 heterocycles. The third-order valence-corrected chi connectivity index (χ3v) is 4.71. The van der Waals surface area contributed by atoms with Crippen LogP contribution in [0, 0.1) is 17.8 Å². The van der Waals surface area contributed by atoms with Gasteiger partial charge < -0.3 is 10.1 Å². The fourth-order valence-corrected chi connectivity index (χ4v) is 3.83. The maximum absolute atomic E-state index is 12.3. The first kappa shape index (κ1) is 14.3. The summed E-state index contributed by atoms with van der Waals surface area (Å²) in [5, 5.41) is 2.70. The average Bonchev–Trinajstić information content (AvgIpc) is 3.02. The highest BCUT2D eigenvalue weighted by Crippen LogP contribution is 2.49. The molecule has 0 radical (unpaired) electrons. The zero-order valence-corrected chi connectivity index (χ0v) is 11.7. The van der Waals surface area contributed by atoms with E-state index in [0.717, 1.165) is 12.3 Å². The lowest BCUT2D eigenvalue weighted by Gasteiger charge is -2.21. The van der Waals surface area contributed by atoms with Gasteiger partial charge in [-0.05, 0) is 49.1 Å². The van der Waals surface area contributed by atoms with Crippen molar-refractivity contribution in [2.45, 2.75) is 38.7 Å². The van der Waals surface area contributed by atoms with E-state index in [1.165, 1.54) is 25.3 Å². The molecule has 0 unspecified atom stereocenters. The zero-order chi connectivity index (χ0) is 14.8. The predicted octanol–water partition coefficient (Wildman–Crippen LogP) is 4.05. The van der Waals surface area contributed by atoms with Crippen LogP contribution in [-0.2, 0) is 4.79 Å². The third-order valence-electron chi connectivity index (χ3n) is 4.71. The Morgan fingerprint density at radius 2 is 2.10 bits per heavy atom. The molecule has 0 spiro atoms. The van der Waals surface area contributed by atoms with Crippen molar-refractivity contribution in [1.29, 1.82) is 0 Å². The van der Waals surface area contributed by atoms with Gasteiger partial charge in [0, 0.05) is 6.42 Å². The molecule has 21 heavy (non-hydrogen) atoms. The number of carbonyl (C=O) groups excluding carboxylic acids is 1. The van der Waals surface area contributed by atoms with Crippen LogP contribution in [-0.4, -0.2) is 12.5 Å². The van der Waals surface area contributed by atoms with E-state index in [1.807, 2.05) is 0 Å². The number of alkyl halides is 2. The summed E-state index contributed by atoms with van der Waals surface area (Å²) < 4.78 is 29.1. The Hall–Kier alpha value is -1.65. The highest BCUT2D eigenvalue weighted by molar-refractivity contribution is 5.92. The Morgan fingerprint density at radius 3 is 2.76 bits per heavy atom. The second-order valence-corrected chi connectivity index (χ2v) is 6.06. The van der Waals surface area contributed by atoms with E-state index in [1.54, 1.807) is 18.2 Å². The van der Waals surface area contributed by atoms with Crippen molar-refractivity contribution < 1.29 is 18.3 Å². The molecule has 2 aliphatic rings. The van der Waals surface area contributed by atoms with Gasteiger partial charge in [0.15, 0.2) is 0 Å². The number of para-hydroxylation sites is 2. The van der Waals surface area contributed by atoms with Gasteiger partial charge in [0.2, 0.25) is 5.91 Å². The van der Waals surface area contributed by atoms with Crippen LogP contribution >= 0.6 is 0 Å². The van der Waals surface area contributed by atoms with Crippen LogP contribution in [0.2, 0.25) is 0 Å². The summed E-state index contributed by atoms with van der Waals surface area (Å²) in [6.45, 7) is -2.89. The molecule has 5 heteroatoms. The minimum Gasteiger partial charge on any atom is -0.433 e. The summed E-state index contributed by atoms with van der Waals surface area (Å²) in [5.74, 6) is 1.81. The zero-order valence-electron chi connectivity index (χ0n) is 11.7. The second-order valence-electron chi connectivity index (χ2n) is 6.06. The van der Waals surface area contributed by atoms with Gasteiger partial charge in [-0.2, -0.15) is 8.78 Å². The van der Waals surface area contributed by atoms with Crippen LogP contribution in [0.25, 0.3) is 0 Å². The van der Waals surface area contributed by atoms with E-state index in [4.69, 9.17) is 0 Å². The Balaban J connectivity index is 1.60. The Bertz CT molecular complexity index is 521. The van der Waals surface area contributed by atoms with Crippen molar-refractivity contribution in [1.82, 2.24) is 0 Å². The van der Waals surface area contributed by atoms with Gasteiger partial charge in [0.25, 0.3) is 0 Å². The molecule has 1 N–H and O–H groups in total. The molecule has 2 fully saturated rings. The molecule has 114 valence electrons. The number of carbonyl (C=O) groups is 1. The van der Waals surface area contributed by atoms with E-state index < -0.39 is 6.61 Å². The number of anilines is 1. The molecule has 2 aliphatic carbocycles. The molecule has 0 aromatic heterocycles. The maximum Gasteiger partial charge on any atom is 0.387 e. The number of hydrogen-bond acceptors (Lipinski definition) is 2. The number of hydrogen-bond donors (Lipinski definition) is 1. The van der Waals surface area contributed by atoms with Gasteiger partial charge in [-0.1, -0.05) is 18.6 Å². The van der Waals surface area contributed by atoms with Crippen molar-refractivity contribution in [2.24, 2.45) is 17.8 Å². The molecule has 1 aromatic carbocycles. The van der Waals surface area contributed by atoms with Crippen LogP contribution in [0.15, 0.2) is 24.3 Å². The van der Waals surface area contributed by atoms with E-state index >= 15 is 0 Å². The number of benzene rings is 1. The van der Waals surface area contributed by atoms with Gasteiger partial charge in [-0.25, -0.2) is 0 Å². The summed E-state index contributed by atoms with van der Waals surface area (Å²) >= 11 is 0. The third kappa shape index (κ3) is 3.34. The number of halogens is 2. The van der Waals surface area contributed by atoms with Crippen molar-refractivity contribution in [3.8, 4) is 5.75 Å². The van der Waals surface area contributed by atoms with Crippen molar-refractivity contribution in [3.05, 3.63) is 24.3 Å². The largest absolute Gasteiger partial charge is 0.433 e. The number of fused-ring (bicyclic) bond motifs is 2. The topological polar surface area (TPSA) is 38.3 Å². The second kappa shape index (κ2) is 6.00.